The Morgan fingerprint density at radius 2 is 1.90 bits per heavy atom. The van der Waals surface area contributed by atoms with Crippen molar-refractivity contribution in [3.05, 3.63) is 41.1 Å². The summed E-state index contributed by atoms with van der Waals surface area (Å²) in [5.41, 5.74) is 0. The van der Waals surface area contributed by atoms with Crippen LogP contribution >= 0.6 is 11.6 Å². The topological polar surface area (TPSA) is 125 Å². The zero-order valence-corrected chi connectivity index (χ0v) is 19.5. The lowest BCUT2D eigenvalue weighted by Crippen LogP contribution is -2.32. The fourth-order valence-corrected chi connectivity index (χ4v) is 4.40. The average Bonchev–Trinajstić information content (AvgIpc) is 3.34. The van der Waals surface area contributed by atoms with Crippen LogP contribution in [0.3, 0.4) is 0 Å². The largest absolute Gasteiger partial charge is 0.458 e. The molecule has 0 saturated carbocycles. The number of rotatable bonds is 9. The second-order valence-corrected chi connectivity index (χ2v) is 9.60. The second kappa shape index (κ2) is 9.33. The van der Waals surface area contributed by atoms with Gasteiger partial charge in [-0.1, -0.05) is 25.4 Å². The summed E-state index contributed by atoms with van der Waals surface area (Å²) in [6.07, 6.45) is 2.93. The predicted octanol–water partition coefficient (Wildman–Crippen LogP) is 3.78. The Kier molecular flexibility index (Phi) is 6.97. The highest BCUT2D eigenvalue weighted by molar-refractivity contribution is 7.93. The number of halogens is 1. The molecular formula is C19H25ClN6O4S. The molecule has 168 valence electrons. The lowest BCUT2D eigenvalue weighted by atomic mass is 10.1. The van der Waals surface area contributed by atoms with Gasteiger partial charge in [-0.05, 0) is 32.4 Å². The smallest absolute Gasteiger partial charge is 0.240 e. The molecule has 0 aliphatic heterocycles. The fourth-order valence-electron chi connectivity index (χ4n) is 3.07. The molecule has 0 bridgehead atoms. The lowest BCUT2D eigenvalue weighted by Gasteiger charge is -2.22. The molecule has 0 aliphatic rings. The van der Waals surface area contributed by atoms with Gasteiger partial charge in [-0.15, -0.1) is 10.2 Å². The van der Waals surface area contributed by atoms with E-state index in [1.54, 1.807) is 30.5 Å². The van der Waals surface area contributed by atoms with Crippen LogP contribution in [-0.2, 0) is 14.8 Å². The summed E-state index contributed by atoms with van der Waals surface area (Å²) in [5, 5.41) is 7.72. The van der Waals surface area contributed by atoms with Crippen molar-refractivity contribution >= 4 is 27.6 Å². The number of aromatic nitrogens is 5. The maximum absolute atomic E-state index is 13.1. The van der Waals surface area contributed by atoms with E-state index in [-0.39, 0.29) is 5.95 Å². The van der Waals surface area contributed by atoms with Crippen molar-refractivity contribution in [3.63, 3.8) is 0 Å². The van der Waals surface area contributed by atoms with Crippen LogP contribution in [0, 0.1) is 6.92 Å². The number of hydrogen-bond acceptors (Lipinski definition) is 8. The first-order chi connectivity index (χ1) is 14.7. The van der Waals surface area contributed by atoms with Crippen molar-refractivity contribution in [2.24, 2.45) is 0 Å². The van der Waals surface area contributed by atoms with Gasteiger partial charge in [0.1, 0.15) is 17.8 Å². The van der Waals surface area contributed by atoms with Crippen molar-refractivity contribution in [3.8, 4) is 11.6 Å². The maximum Gasteiger partial charge on any atom is 0.240 e. The fraction of sp³-hybridized carbons (Fsp3) is 0.474. The van der Waals surface area contributed by atoms with E-state index in [0.717, 1.165) is 0 Å². The van der Waals surface area contributed by atoms with Crippen molar-refractivity contribution in [1.29, 1.82) is 0 Å². The highest BCUT2D eigenvalue weighted by Gasteiger charge is 2.32. The first kappa shape index (κ1) is 23.2. The van der Waals surface area contributed by atoms with E-state index >= 15 is 0 Å². The number of aryl methyl sites for hydroxylation is 1. The number of furan rings is 1. The van der Waals surface area contributed by atoms with Crippen LogP contribution < -0.4 is 4.72 Å². The van der Waals surface area contributed by atoms with E-state index in [2.05, 4.69) is 24.9 Å². The number of nitrogens with one attached hydrogen (secondary N) is 1. The first-order valence-corrected chi connectivity index (χ1v) is 11.6. The number of methoxy groups -OCH3 is 1. The van der Waals surface area contributed by atoms with Crippen LogP contribution in [-0.4, -0.2) is 45.5 Å². The van der Waals surface area contributed by atoms with Gasteiger partial charge in [0.25, 0.3) is 0 Å². The molecule has 0 aromatic carbocycles. The van der Waals surface area contributed by atoms with Crippen molar-refractivity contribution in [1.82, 2.24) is 24.7 Å². The Morgan fingerprint density at radius 3 is 2.45 bits per heavy atom. The summed E-state index contributed by atoms with van der Waals surface area (Å²) in [5.74, 6) is 1.43. The van der Waals surface area contributed by atoms with E-state index in [1.165, 1.54) is 19.5 Å². The third-order valence-electron chi connectivity index (χ3n) is 5.04. The zero-order valence-electron chi connectivity index (χ0n) is 17.9. The predicted molar refractivity (Wildman–Crippen MR) is 116 cm³/mol. The SMILES string of the molecule is CCC(OC)n1c(NS(=O)(=O)[C@@H](C)[C@H](C)c2ncc(Cl)cn2)nnc1-c1ccc(C)o1. The standard InChI is InChI=1S/C19H25ClN6O4S/c1-6-16(29-5)26-18(15-8-7-11(2)30-15)23-24-19(26)25-31(27,28)13(4)12(3)17-21-9-14(20)10-22-17/h7-10,12-13,16H,6H2,1-5H3,(H,24,25)/t12-,13-,16?/m0/s1. The number of hydrogen-bond donors (Lipinski definition) is 1. The second-order valence-electron chi connectivity index (χ2n) is 7.13. The van der Waals surface area contributed by atoms with E-state index < -0.39 is 27.4 Å². The van der Waals surface area contributed by atoms with Crippen molar-refractivity contribution < 1.29 is 17.6 Å². The van der Waals surface area contributed by atoms with Crippen LogP contribution in [0.2, 0.25) is 5.02 Å². The van der Waals surface area contributed by atoms with Gasteiger partial charge in [0.15, 0.2) is 5.76 Å². The Balaban J connectivity index is 1.94. The van der Waals surface area contributed by atoms with Crippen LogP contribution in [0.15, 0.2) is 28.9 Å². The lowest BCUT2D eigenvalue weighted by molar-refractivity contribution is 0.0435. The third kappa shape index (κ3) is 4.89. The molecule has 0 spiro atoms. The van der Waals surface area contributed by atoms with Gasteiger partial charge >= 0.3 is 0 Å². The number of sulfonamides is 1. The van der Waals surface area contributed by atoms with Gasteiger partial charge < -0.3 is 9.15 Å². The molecule has 3 aromatic heterocycles. The van der Waals surface area contributed by atoms with E-state index in [4.69, 9.17) is 20.8 Å². The molecule has 0 fully saturated rings. The molecule has 12 heteroatoms. The van der Waals surface area contributed by atoms with Gasteiger partial charge in [0.05, 0.1) is 10.3 Å². The quantitative estimate of drug-likeness (QED) is 0.502. The van der Waals surface area contributed by atoms with Crippen LogP contribution in [0.4, 0.5) is 5.95 Å². The van der Waals surface area contributed by atoms with Gasteiger partial charge in [-0.25, -0.2) is 18.4 Å². The molecule has 1 N–H and O–H groups in total. The van der Waals surface area contributed by atoms with Gasteiger partial charge in [-0.3, -0.25) is 9.29 Å². The van der Waals surface area contributed by atoms with Crippen LogP contribution in [0.1, 0.15) is 50.9 Å². The first-order valence-electron chi connectivity index (χ1n) is 9.71. The van der Waals surface area contributed by atoms with E-state index in [9.17, 15) is 8.42 Å². The van der Waals surface area contributed by atoms with Gasteiger partial charge in [0, 0.05) is 25.4 Å². The summed E-state index contributed by atoms with van der Waals surface area (Å²) in [4.78, 5) is 8.27. The molecule has 0 aliphatic carbocycles. The highest BCUT2D eigenvalue weighted by atomic mass is 35.5. The molecule has 3 rings (SSSR count). The Morgan fingerprint density at radius 1 is 1.23 bits per heavy atom. The molecule has 3 atom stereocenters. The maximum atomic E-state index is 13.1. The Labute approximate surface area is 186 Å². The Hall–Kier alpha value is -2.50. The van der Waals surface area contributed by atoms with E-state index in [1.807, 2.05) is 13.8 Å². The molecule has 1 unspecified atom stereocenters. The minimum Gasteiger partial charge on any atom is -0.458 e. The van der Waals surface area contributed by atoms with Crippen molar-refractivity contribution in [2.75, 3.05) is 11.8 Å². The average molecular weight is 469 g/mol. The number of nitrogens with zero attached hydrogens (tertiary/aromatic N) is 5. The Bertz CT molecular complexity index is 1120. The summed E-state index contributed by atoms with van der Waals surface area (Å²) in [6.45, 7) is 7.03. The molecular weight excluding hydrogens is 444 g/mol. The monoisotopic (exact) mass is 468 g/mol. The molecule has 0 amide bonds. The molecule has 3 heterocycles. The normalized spacial score (nSPS) is 14.9. The molecule has 0 radical (unpaired) electrons. The number of ether oxygens (including phenoxy) is 1. The summed E-state index contributed by atoms with van der Waals surface area (Å²) >= 11 is 5.83. The van der Waals surface area contributed by atoms with Crippen LogP contribution in [0.5, 0.6) is 0 Å². The molecule has 31 heavy (non-hydrogen) atoms. The summed E-state index contributed by atoms with van der Waals surface area (Å²) in [7, 11) is -2.35. The summed E-state index contributed by atoms with van der Waals surface area (Å²) < 4.78 is 41.6. The molecule has 10 nitrogen and oxygen atoms in total. The zero-order chi connectivity index (χ0) is 22.8. The summed E-state index contributed by atoms with van der Waals surface area (Å²) in [6, 6.07) is 3.54. The molecule has 3 aromatic rings. The van der Waals surface area contributed by atoms with Crippen LogP contribution in [0.25, 0.3) is 11.6 Å². The van der Waals surface area contributed by atoms with Crippen molar-refractivity contribution in [2.45, 2.75) is 51.5 Å². The van der Waals surface area contributed by atoms with Gasteiger partial charge in [-0.2, -0.15) is 0 Å². The number of anilines is 1. The molecule has 0 saturated heterocycles. The minimum absolute atomic E-state index is 0.0360. The van der Waals surface area contributed by atoms with Gasteiger partial charge in [0.2, 0.25) is 21.8 Å². The van der Waals surface area contributed by atoms with E-state index in [0.29, 0.717) is 34.6 Å². The highest BCUT2D eigenvalue weighted by Crippen LogP contribution is 2.30. The minimum atomic E-state index is -3.88. The third-order valence-corrected chi connectivity index (χ3v) is 7.09.